The predicted octanol–water partition coefficient (Wildman–Crippen LogP) is 2.26. The standard InChI is InChI=1S/C14H22BrN3O2/c1-4-7-18-9-11(15)8-12(18)14(20)17(6-3)10-13(19)16-5-2/h8-9H,4-7,10H2,1-3H3,(H,16,19). The minimum Gasteiger partial charge on any atom is -0.355 e. The second kappa shape index (κ2) is 8.09. The van der Waals surface area contributed by atoms with Gasteiger partial charge in [0.05, 0.1) is 6.54 Å². The number of aryl methyl sites for hydroxylation is 1. The van der Waals surface area contributed by atoms with E-state index >= 15 is 0 Å². The molecule has 0 aromatic carbocycles. The first kappa shape index (κ1) is 16.8. The summed E-state index contributed by atoms with van der Waals surface area (Å²) >= 11 is 3.40. The molecule has 0 unspecified atom stereocenters. The van der Waals surface area contributed by atoms with Gasteiger partial charge in [0.1, 0.15) is 5.69 Å². The second-order valence-corrected chi connectivity index (χ2v) is 5.43. The third-order valence-electron chi connectivity index (χ3n) is 2.92. The van der Waals surface area contributed by atoms with Crippen LogP contribution in [-0.2, 0) is 11.3 Å². The molecule has 0 radical (unpaired) electrons. The zero-order valence-electron chi connectivity index (χ0n) is 12.3. The van der Waals surface area contributed by atoms with Gasteiger partial charge in [-0.05, 0) is 42.3 Å². The van der Waals surface area contributed by atoms with Crippen LogP contribution < -0.4 is 5.32 Å². The van der Waals surface area contributed by atoms with Crippen LogP contribution in [0.15, 0.2) is 16.7 Å². The summed E-state index contributed by atoms with van der Waals surface area (Å²) in [4.78, 5) is 25.7. The summed E-state index contributed by atoms with van der Waals surface area (Å²) in [5.74, 6) is -0.242. The van der Waals surface area contributed by atoms with Crippen LogP contribution in [0.1, 0.15) is 37.7 Å². The molecule has 1 N–H and O–H groups in total. The number of likely N-dealkylation sites (N-methyl/N-ethyl adjacent to an activating group) is 2. The molecule has 5 nitrogen and oxygen atoms in total. The number of amides is 2. The molecule has 0 spiro atoms. The van der Waals surface area contributed by atoms with Gasteiger partial charge in [0, 0.05) is 30.3 Å². The zero-order valence-corrected chi connectivity index (χ0v) is 13.9. The van der Waals surface area contributed by atoms with E-state index in [1.165, 1.54) is 0 Å². The number of hydrogen-bond acceptors (Lipinski definition) is 2. The Bertz CT molecular complexity index is 471. The third-order valence-corrected chi connectivity index (χ3v) is 3.36. The molecule has 2 amide bonds. The Balaban J connectivity index is 2.87. The highest BCUT2D eigenvalue weighted by molar-refractivity contribution is 9.10. The van der Waals surface area contributed by atoms with Crippen molar-refractivity contribution in [1.29, 1.82) is 0 Å². The van der Waals surface area contributed by atoms with Gasteiger partial charge in [-0.2, -0.15) is 0 Å². The fourth-order valence-corrected chi connectivity index (χ4v) is 2.46. The third kappa shape index (κ3) is 4.37. The smallest absolute Gasteiger partial charge is 0.270 e. The average molecular weight is 344 g/mol. The Hall–Kier alpha value is -1.30. The minimum absolute atomic E-state index is 0.0953. The topological polar surface area (TPSA) is 54.3 Å². The number of carbonyl (C=O) groups excluding carboxylic acids is 2. The van der Waals surface area contributed by atoms with Crippen LogP contribution in [0.3, 0.4) is 0 Å². The van der Waals surface area contributed by atoms with Crippen molar-refractivity contribution in [3.63, 3.8) is 0 Å². The first-order valence-electron chi connectivity index (χ1n) is 6.95. The summed E-state index contributed by atoms with van der Waals surface area (Å²) in [5, 5.41) is 2.71. The monoisotopic (exact) mass is 343 g/mol. The molecule has 0 bridgehead atoms. The first-order chi connectivity index (χ1) is 9.53. The number of carbonyl (C=O) groups is 2. The van der Waals surface area contributed by atoms with E-state index in [9.17, 15) is 9.59 Å². The number of nitrogens with one attached hydrogen (secondary N) is 1. The number of hydrogen-bond donors (Lipinski definition) is 1. The van der Waals surface area contributed by atoms with Crippen molar-refractivity contribution in [2.24, 2.45) is 0 Å². The van der Waals surface area contributed by atoms with Gasteiger partial charge in [-0.15, -0.1) is 0 Å². The summed E-state index contributed by atoms with van der Waals surface area (Å²) in [7, 11) is 0. The SMILES string of the molecule is CCCn1cc(Br)cc1C(=O)N(CC)CC(=O)NCC. The predicted molar refractivity (Wildman–Crippen MR) is 82.7 cm³/mol. The first-order valence-corrected chi connectivity index (χ1v) is 7.74. The largest absolute Gasteiger partial charge is 0.355 e. The van der Waals surface area contributed by atoms with Gasteiger partial charge in [-0.3, -0.25) is 9.59 Å². The van der Waals surface area contributed by atoms with E-state index < -0.39 is 0 Å². The lowest BCUT2D eigenvalue weighted by molar-refractivity contribution is -0.121. The molecule has 0 aliphatic carbocycles. The summed E-state index contributed by atoms with van der Waals surface area (Å²) < 4.78 is 2.80. The van der Waals surface area contributed by atoms with E-state index in [4.69, 9.17) is 0 Å². The molecule has 1 aromatic rings. The highest BCUT2D eigenvalue weighted by Crippen LogP contribution is 2.17. The Labute approximate surface area is 128 Å². The number of rotatable bonds is 7. The second-order valence-electron chi connectivity index (χ2n) is 4.51. The molecule has 0 aliphatic rings. The van der Waals surface area contributed by atoms with Crippen molar-refractivity contribution in [3.8, 4) is 0 Å². The molecule has 1 rings (SSSR count). The van der Waals surface area contributed by atoms with Crippen LogP contribution in [0.5, 0.6) is 0 Å². The van der Waals surface area contributed by atoms with Crippen LogP contribution in [0, 0.1) is 0 Å². The number of aromatic nitrogens is 1. The molecule has 0 saturated heterocycles. The normalized spacial score (nSPS) is 10.4. The lowest BCUT2D eigenvalue weighted by atomic mass is 10.3. The summed E-state index contributed by atoms with van der Waals surface area (Å²) in [6, 6.07) is 1.80. The summed E-state index contributed by atoms with van der Waals surface area (Å²) in [6.07, 6.45) is 2.85. The molecule has 0 atom stereocenters. The van der Waals surface area contributed by atoms with Gasteiger partial charge in [0.15, 0.2) is 0 Å². The maximum Gasteiger partial charge on any atom is 0.270 e. The van der Waals surface area contributed by atoms with Gasteiger partial charge in [-0.25, -0.2) is 0 Å². The van der Waals surface area contributed by atoms with Crippen LogP contribution >= 0.6 is 15.9 Å². The molecule has 1 aromatic heterocycles. The van der Waals surface area contributed by atoms with Crippen LogP contribution in [-0.4, -0.2) is 40.9 Å². The summed E-state index contributed by atoms with van der Waals surface area (Å²) in [6.45, 7) is 7.75. The minimum atomic E-state index is -0.129. The molecule has 112 valence electrons. The molecule has 0 aliphatic heterocycles. The Morgan fingerprint density at radius 2 is 2.05 bits per heavy atom. The fourth-order valence-electron chi connectivity index (χ4n) is 2.00. The van der Waals surface area contributed by atoms with Crippen molar-refractivity contribution < 1.29 is 9.59 Å². The van der Waals surface area contributed by atoms with Gasteiger partial charge in [0.2, 0.25) is 5.91 Å². The maximum absolute atomic E-state index is 12.5. The lowest BCUT2D eigenvalue weighted by Gasteiger charge is -2.21. The van der Waals surface area contributed by atoms with Crippen molar-refractivity contribution in [3.05, 3.63) is 22.4 Å². The van der Waals surface area contributed by atoms with E-state index in [1.54, 1.807) is 11.0 Å². The van der Waals surface area contributed by atoms with E-state index in [-0.39, 0.29) is 18.4 Å². The fraction of sp³-hybridized carbons (Fsp3) is 0.571. The maximum atomic E-state index is 12.5. The highest BCUT2D eigenvalue weighted by atomic mass is 79.9. The van der Waals surface area contributed by atoms with Gasteiger partial charge >= 0.3 is 0 Å². The van der Waals surface area contributed by atoms with Crippen molar-refractivity contribution in [2.75, 3.05) is 19.6 Å². The highest BCUT2D eigenvalue weighted by Gasteiger charge is 2.20. The van der Waals surface area contributed by atoms with Crippen LogP contribution in [0.25, 0.3) is 0 Å². The van der Waals surface area contributed by atoms with Gasteiger partial charge in [-0.1, -0.05) is 6.92 Å². The van der Waals surface area contributed by atoms with Crippen molar-refractivity contribution in [1.82, 2.24) is 14.8 Å². The Morgan fingerprint density at radius 3 is 2.60 bits per heavy atom. The van der Waals surface area contributed by atoms with Crippen LogP contribution in [0.4, 0.5) is 0 Å². The molecule has 0 saturated carbocycles. The number of halogens is 1. The Morgan fingerprint density at radius 1 is 1.35 bits per heavy atom. The van der Waals surface area contributed by atoms with Crippen molar-refractivity contribution in [2.45, 2.75) is 33.7 Å². The zero-order chi connectivity index (χ0) is 15.1. The number of nitrogens with zero attached hydrogens (tertiary/aromatic N) is 2. The lowest BCUT2D eigenvalue weighted by Crippen LogP contribution is -2.41. The quantitative estimate of drug-likeness (QED) is 0.825. The molecular weight excluding hydrogens is 322 g/mol. The van der Waals surface area contributed by atoms with Gasteiger partial charge < -0.3 is 14.8 Å². The molecule has 1 heterocycles. The molecule has 6 heteroatoms. The van der Waals surface area contributed by atoms with Gasteiger partial charge in [0.25, 0.3) is 5.91 Å². The van der Waals surface area contributed by atoms with Crippen molar-refractivity contribution >= 4 is 27.7 Å². The van der Waals surface area contributed by atoms with Crippen LogP contribution in [0.2, 0.25) is 0 Å². The van der Waals surface area contributed by atoms with E-state index in [0.29, 0.717) is 18.8 Å². The van der Waals surface area contributed by atoms with E-state index in [1.807, 2.05) is 24.6 Å². The summed E-state index contributed by atoms with van der Waals surface area (Å²) in [5.41, 5.74) is 0.616. The molecule has 0 fully saturated rings. The average Bonchev–Trinajstić information content (AvgIpc) is 2.77. The Kier molecular flexibility index (Phi) is 6.78. The molecular formula is C14H22BrN3O2. The van der Waals surface area contributed by atoms with E-state index in [0.717, 1.165) is 17.4 Å². The molecule has 20 heavy (non-hydrogen) atoms. The van der Waals surface area contributed by atoms with E-state index in [2.05, 4.69) is 28.2 Å².